The summed E-state index contributed by atoms with van der Waals surface area (Å²) < 4.78 is 47.4. The molecule has 0 bridgehead atoms. The SMILES string of the molecule is C=CC(=O)OCCCCCCOc1ccc(OC(=O)C2CCC(C(=O)Oc3cc(C)c(C)cc3/C=N/N(CCCCCC)c3nc4ccccc4s3)CC2)cc1.C=CC(=O)OCCCCCCOc1ccc(OC(=O)C2CC[C@H](C(=O)Oc3ccc(C)cc3)CC2/C=N/N(CCCCCC)c2nc3ccccc3s2)cc1. The number of nitrogens with zero attached hydrogens (tertiary/aromatic N) is 6. The molecule has 0 radical (unpaired) electrons. The number of carbonyl (C=O) groups is 6. The van der Waals surface area contributed by atoms with Crippen molar-refractivity contribution in [1.82, 2.24) is 9.97 Å². The van der Waals surface area contributed by atoms with Crippen molar-refractivity contribution in [2.75, 3.05) is 49.5 Å². The van der Waals surface area contributed by atoms with Crippen LogP contribution in [0.1, 0.15) is 184 Å². The van der Waals surface area contributed by atoms with E-state index in [1.807, 2.05) is 97.7 Å². The van der Waals surface area contributed by atoms with E-state index in [9.17, 15) is 28.8 Å². The third-order valence-electron chi connectivity index (χ3n) is 19.7. The number of ether oxygens (including phenoxy) is 8. The standard InChI is InChI=1S/C45H55N3O7S.C44H53N3O7S/c1-5-7-8-13-26-48(45-47-39-16-11-12-17-41(39)56-45)46-31-36-29-32(3)33(4)30-40(36)55-44(51)35-20-18-34(19-21-35)43(50)54-38-24-22-37(23-25-38)52-27-14-9-10-15-28-53-42(49)6-2;1-4-6-7-12-27-47(44-46-39-15-10-11-16-40(39)55-44)45-31-34-30-33(42(49)53-36-20-17-32(3)18-21-36)19-26-38(34)43(50)54-37-24-22-35(23-25-37)51-28-13-8-9-14-29-52-41(48)5-2/h6,11-12,16-17,22-25,29-31,34-35H,2,5,7-10,13-15,18-21,26-28H2,1,3-4H3;5,10-11,15-18,20-25,31,33-34,38H,2,4,6-9,12-14,19,26-30H2,1,3H3/b46-31+;45-31+/t;33-,34?,38?/m.0/s1. The molecule has 0 spiro atoms. The maximum absolute atomic E-state index is 13.8. The maximum Gasteiger partial charge on any atom is 0.330 e. The number of carbonyl (C=O) groups excluding carboxylic acids is 6. The van der Waals surface area contributed by atoms with Gasteiger partial charge in [0.25, 0.3) is 0 Å². The van der Waals surface area contributed by atoms with Gasteiger partial charge in [0.1, 0.15) is 34.5 Å². The molecule has 2 aliphatic rings. The van der Waals surface area contributed by atoms with Crippen molar-refractivity contribution in [3.8, 4) is 34.5 Å². The first kappa shape index (κ1) is 85.0. The number of rotatable bonds is 42. The molecule has 0 aliphatic heterocycles. The molecule has 2 aliphatic carbocycles. The molecule has 2 saturated carbocycles. The largest absolute Gasteiger partial charge is 0.494 e. The van der Waals surface area contributed by atoms with Crippen LogP contribution < -0.4 is 38.4 Å². The molecule has 0 amide bonds. The van der Waals surface area contributed by atoms with Crippen LogP contribution in [0.15, 0.2) is 169 Å². The highest BCUT2D eigenvalue weighted by Crippen LogP contribution is 2.38. The summed E-state index contributed by atoms with van der Waals surface area (Å²) >= 11 is 3.21. The lowest BCUT2D eigenvalue weighted by Gasteiger charge is -2.32. The van der Waals surface area contributed by atoms with E-state index in [1.54, 1.807) is 89.6 Å². The van der Waals surface area contributed by atoms with E-state index < -0.39 is 23.8 Å². The van der Waals surface area contributed by atoms with Gasteiger partial charge in [0.2, 0.25) is 10.3 Å². The fourth-order valence-electron chi connectivity index (χ4n) is 13.0. The number of hydrogen-bond acceptors (Lipinski definition) is 22. The van der Waals surface area contributed by atoms with E-state index in [0.29, 0.717) is 112 Å². The highest BCUT2D eigenvalue weighted by Gasteiger charge is 2.40. The first-order valence-corrected chi connectivity index (χ1v) is 41.1. The van der Waals surface area contributed by atoms with Crippen LogP contribution in [0.3, 0.4) is 0 Å². The summed E-state index contributed by atoms with van der Waals surface area (Å²) in [6.07, 6.45) is 25.4. The molecule has 10 rings (SSSR count). The number of anilines is 2. The van der Waals surface area contributed by atoms with E-state index in [4.69, 9.17) is 58.1 Å². The number of aromatic nitrogens is 2. The second-order valence-electron chi connectivity index (χ2n) is 28.3. The summed E-state index contributed by atoms with van der Waals surface area (Å²) in [5, 5.41) is 15.4. The van der Waals surface area contributed by atoms with Gasteiger partial charge in [-0.25, -0.2) is 29.6 Å². The van der Waals surface area contributed by atoms with Gasteiger partial charge in [-0.1, -0.05) is 130 Å². The fraction of sp³-hybridized carbons (Fsp3) is 0.438. The zero-order valence-electron chi connectivity index (χ0n) is 65.0. The number of thiazole rings is 2. The summed E-state index contributed by atoms with van der Waals surface area (Å²) in [4.78, 5) is 85.8. The maximum atomic E-state index is 13.8. The molecule has 20 nitrogen and oxygen atoms in total. The Morgan fingerprint density at radius 3 is 1.36 bits per heavy atom. The van der Waals surface area contributed by atoms with E-state index in [1.165, 1.54) is 18.6 Å². The average Bonchev–Trinajstić information content (AvgIpc) is 1.84. The molecule has 3 atom stereocenters. The first-order valence-electron chi connectivity index (χ1n) is 39.5. The summed E-state index contributed by atoms with van der Waals surface area (Å²) in [6, 6.07) is 41.6. The molecule has 0 N–H and O–H groups in total. The van der Waals surface area contributed by atoms with Gasteiger partial charge >= 0.3 is 35.8 Å². The number of aryl methyl sites for hydroxylation is 3. The van der Waals surface area contributed by atoms with E-state index >= 15 is 0 Å². The number of para-hydroxylation sites is 2. The van der Waals surface area contributed by atoms with Crippen molar-refractivity contribution in [3.05, 3.63) is 181 Å². The summed E-state index contributed by atoms with van der Waals surface area (Å²) in [7, 11) is 0. The number of benzene rings is 6. The minimum atomic E-state index is -0.499. The quantitative estimate of drug-likeness (QED) is 0.00864. The van der Waals surface area contributed by atoms with Crippen molar-refractivity contribution in [2.45, 2.75) is 182 Å². The van der Waals surface area contributed by atoms with Crippen molar-refractivity contribution in [1.29, 1.82) is 0 Å². The Balaban J connectivity index is 0.000000255. The van der Waals surface area contributed by atoms with E-state index in [-0.39, 0.29) is 41.6 Å². The van der Waals surface area contributed by atoms with Gasteiger partial charge in [0.05, 0.1) is 76.7 Å². The predicted octanol–water partition coefficient (Wildman–Crippen LogP) is 20.2. The van der Waals surface area contributed by atoms with Crippen LogP contribution in [-0.2, 0) is 38.2 Å². The Morgan fingerprint density at radius 1 is 0.459 bits per heavy atom. The minimum absolute atomic E-state index is 0.287. The highest BCUT2D eigenvalue weighted by atomic mass is 32.1. The molecule has 2 unspecified atom stereocenters. The molecular weight excluding hydrogens is 1440 g/mol. The third kappa shape index (κ3) is 28.0. The van der Waals surface area contributed by atoms with Crippen molar-refractivity contribution in [2.24, 2.45) is 39.8 Å². The number of unbranched alkanes of at least 4 members (excludes halogenated alkanes) is 12. The number of hydrazone groups is 2. The molecule has 2 heterocycles. The predicted molar refractivity (Wildman–Crippen MR) is 441 cm³/mol. The summed E-state index contributed by atoms with van der Waals surface area (Å²) in [5.74, 6) is -0.615. The van der Waals surface area contributed by atoms with Crippen LogP contribution in [0.4, 0.5) is 10.3 Å². The molecule has 111 heavy (non-hydrogen) atoms. The van der Waals surface area contributed by atoms with Crippen LogP contribution >= 0.6 is 22.7 Å². The Kier molecular flexibility index (Phi) is 35.2. The van der Waals surface area contributed by atoms with E-state index in [0.717, 1.165) is 156 Å². The molecule has 2 aromatic heterocycles. The Morgan fingerprint density at radius 2 is 0.874 bits per heavy atom. The second-order valence-corrected chi connectivity index (χ2v) is 30.3. The van der Waals surface area contributed by atoms with Crippen molar-refractivity contribution >= 4 is 102 Å². The van der Waals surface area contributed by atoms with Crippen LogP contribution in [0, 0.1) is 50.4 Å². The molecule has 6 aromatic carbocycles. The average molecular weight is 1550 g/mol. The highest BCUT2D eigenvalue weighted by molar-refractivity contribution is 7.22. The first-order chi connectivity index (χ1) is 54.1. The van der Waals surface area contributed by atoms with E-state index in [2.05, 4.69) is 39.1 Å². The lowest BCUT2D eigenvalue weighted by atomic mass is 9.74. The van der Waals surface area contributed by atoms with Gasteiger partial charge in [-0.3, -0.25) is 19.2 Å². The smallest absolute Gasteiger partial charge is 0.330 e. The minimum Gasteiger partial charge on any atom is -0.494 e. The van der Waals surface area contributed by atoms with Crippen LogP contribution in [0.2, 0.25) is 0 Å². The topological polar surface area (TPSA) is 233 Å². The molecule has 2 fully saturated rings. The van der Waals surface area contributed by atoms with Crippen molar-refractivity contribution < 1.29 is 66.7 Å². The molecule has 22 heteroatoms. The summed E-state index contributed by atoms with van der Waals surface area (Å²) in [6.45, 7) is 20.5. The van der Waals surface area contributed by atoms with Gasteiger partial charge < -0.3 is 37.9 Å². The van der Waals surface area contributed by atoms with Gasteiger partial charge in [0.15, 0.2) is 0 Å². The Labute approximate surface area is 661 Å². The Bertz CT molecular complexity index is 4270. The zero-order chi connectivity index (χ0) is 78.5. The second kappa shape index (κ2) is 45.9. The lowest BCUT2D eigenvalue weighted by Crippen LogP contribution is -2.38. The van der Waals surface area contributed by atoms with Gasteiger partial charge in [-0.2, -0.15) is 10.2 Å². The van der Waals surface area contributed by atoms with Gasteiger partial charge in [-0.05, 0) is 238 Å². The Hall–Kier alpha value is -10.1. The van der Waals surface area contributed by atoms with Gasteiger partial charge in [-0.15, -0.1) is 0 Å². The number of hydrogen-bond donors (Lipinski definition) is 0. The van der Waals surface area contributed by atoms with Crippen LogP contribution in [-0.4, -0.2) is 97.7 Å². The molecule has 0 saturated heterocycles. The monoisotopic (exact) mass is 1550 g/mol. The normalized spacial score (nSPS) is 16.1. The molecule has 590 valence electrons. The number of fused-ring (bicyclic) bond motifs is 2. The zero-order valence-corrected chi connectivity index (χ0v) is 66.7. The van der Waals surface area contributed by atoms with Crippen LogP contribution in [0.5, 0.6) is 34.5 Å². The third-order valence-corrected chi connectivity index (χ3v) is 21.8. The van der Waals surface area contributed by atoms with Crippen molar-refractivity contribution in [3.63, 3.8) is 0 Å². The molecule has 8 aromatic rings. The van der Waals surface area contributed by atoms with Crippen LogP contribution in [0.25, 0.3) is 20.4 Å². The summed E-state index contributed by atoms with van der Waals surface area (Å²) in [5.41, 5.74) is 5.79. The fourth-order valence-corrected chi connectivity index (χ4v) is 14.9. The molecular formula is C89H108N6O14S2. The number of esters is 6. The van der Waals surface area contributed by atoms with Gasteiger partial charge in [0, 0.05) is 42.9 Å². The lowest BCUT2D eigenvalue weighted by molar-refractivity contribution is -0.146.